The van der Waals surface area contributed by atoms with Gasteiger partial charge in [0.15, 0.2) is 0 Å². The van der Waals surface area contributed by atoms with E-state index in [-0.39, 0.29) is 17.6 Å². The van der Waals surface area contributed by atoms with Crippen molar-refractivity contribution in [1.29, 1.82) is 0 Å². The van der Waals surface area contributed by atoms with Gasteiger partial charge < -0.3 is 15.0 Å². The Hall–Kier alpha value is -3.58. The summed E-state index contributed by atoms with van der Waals surface area (Å²) in [5.41, 5.74) is 2.70. The van der Waals surface area contributed by atoms with Crippen LogP contribution in [0.5, 0.6) is 0 Å². The minimum absolute atomic E-state index is 0.178. The van der Waals surface area contributed by atoms with Crippen LogP contribution < -0.4 is 5.32 Å². The largest absolute Gasteiger partial charge is 0.383 e. The number of hydrogen-bond donors (Lipinski definition) is 1. The topological polar surface area (TPSA) is 71.5 Å². The predicted octanol–water partition coefficient (Wildman–Crippen LogP) is 3.46. The molecule has 32 heavy (non-hydrogen) atoms. The monoisotopic (exact) mass is 433 g/mol. The van der Waals surface area contributed by atoms with Crippen molar-refractivity contribution in [3.05, 3.63) is 101 Å². The fourth-order valence-corrected chi connectivity index (χ4v) is 4.14. The van der Waals surface area contributed by atoms with Crippen LogP contribution in [0.25, 0.3) is 0 Å². The molecular weight excluding hydrogens is 409 g/mol. The summed E-state index contributed by atoms with van der Waals surface area (Å²) in [6.07, 6.45) is 3.37. The Morgan fingerprint density at radius 1 is 1.12 bits per heavy atom. The summed E-state index contributed by atoms with van der Waals surface area (Å²) in [4.78, 5) is 32.6. The van der Waals surface area contributed by atoms with E-state index in [4.69, 9.17) is 4.74 Å². The van der Waals surface area contributed by atoms with Crippen LogP contribution in [0, 0.1) is 5.82 Å². The summed E-state index contributed by atoms with van der Waals surface area (Å²) in [5.74, 6) is -1.44. The van der Waals surface area contributed by atoms with E-state index in [0.717, 1.165) is 5.56 Å². The van der Waals surface area contributed by atoms with Crippen molar-refractivity contribution < 1.29 is 18.7 Å². The highest BCUT2D eigenvalue weighted by molar-refractivity contribution is 6.01. The second-order valence-corrected chi connectivity index (χ2v) is 7.63. The Morgan fingerprint density at radius 3 is 2.62 bits per heavy atom. The van der Waals surface area contributed by atoms with Gasteiger partial charge in [-0.05, 0) is 41.0 Å². The molecule has 0 radical (unpaired) electrons. The van der Waals surface area contributed by atoms with Crippen LogP contribution in [-0.2, 0) is 16.1 Å². The third kappa shape index (κ3) is 4.38. The zero-order chi connectivity index (χ0) is 22.5. The van der Waals surface area contributed by atoms with E-state index in [0.29, 0.717) is 36.4 Å². The van der Waals surface area contributed by atoms with Crippen molar-refractivity contribution in [2.24, 2.45) is 0 Å². The van der Waals surface area contributed by atoms with Crippen LogP contribution in [0.1, 0.15) is 39.0 Å². The van der Waals surface area contributed by atoms with Crippen molar-refractivity contribution in [3.63, 3.8) is 0 Å². The molecule has 0 aliphatic carbocycles. The van der Waals surface area contributed by atoms with Gasteiger partial charge in [-0.3, -0.25) is 14.6 Å². The lowest BCUT2D eigenvalue weighted by atomic mass is 9.79. The average Bonchev–Trinajstić information content (AvgIpc) is 2.83. The number of ether oxygens (including phenoxy) is 1. The highest BCUT2D eigenvalue weighted by atomic mass is 19.1. The molecule has 164 valence electrons. The number of carbonyl (C=O) groups is 2. The number of halogens is 1. The highest BCUT2D eigenvalue weighted by Crippen LogP contribution is 2.42. The molecule has 2 amide bonds. The maximum Gasteiger partial charge on any atom is 0.254 e. The fraction of sp³-hybridized carbons (Fsp3) is 0.240. The standard InChI is InChI=1S/C25H24FN3O3/c1-32-14-13-29-23(18-8-10-19(26)11-9-18)22(20-6-2-3-7-21(20)25(29)31)24(30)28-16-17-5-4-12-27-15-17/h2-12,15,22-23H,13-14,16H2,1H3,(H,28,30). The molecule has 1 aliphatic rings. The van der Waals surface area contributed by atoms with E-state index in [2.05, 4.69) is 10.3 Å². The van der Waals surface area contributed by atoms with Crippen molar-refractivity contribution in [3.8, 4) is 0 Å². The van der Waals surface area contributed by atoms with Gasteiger partial charge in [0, 0.05) is 38.2 Å². The van der Waals surface area contributed by atoms with Gasteiger partial charge in [-0.2, -0.15) is 0 Å². The fourth-order valence-electron chi connectivity index (χ4n) is 4.14. The van der Waals surface area contributed by atoms with E-state index in [9.17, 15) is 14.0 Å². The first-order valence-corrected chi connectivity index (χ1v) is 10.4. The van der Waals surface area contributed by atoms with Crippen molar-refractivity contribution in [2.75, 3.05) is 20.3 Å². The van der Waals surface area contributed by atoms with Crippen molar-refractivity contribution in [1.82, 2.24) is 15.2 Å². The molecule has 2 heterocycles. The molecule has 1 aliphatic heterocycles. The number of aromatic nitrogens is 1. The molecule has 1 N–H and O–H groups in total. The first-order chi connectivity index (χ1) is 15.6. The summed E-state index contributed by atoms with van der Waals surface area (Å²) in [5, 5.41) is 2.99. The lowest BCUT2D eigenvalue weighted by molar-refractivity contribution is -0.124. The molecule has 4 rings (SSSR count). The average molecular weight is 433 g/mol. The second-order valence-electron chi connectivity index (χ2n) is 7.63. The van der Waals surface area contributed by atoms with Crippen LogP contribution in [-0.4, -0.2) is 42.0 Å². The Labute approximate surface area is 186 Å². The zero-order valence-corrected chi connectivity index (χ0v) is 17.7. The van der Waals surface area contributed by atoms with Crippen LogP contribution >= 0.6 is 0 Å². The van der Waals surface area contributed by atoms with Gasteiger partial charge in [0.05, 0.1) is 18.6 Å². The van der Waals surface area contributed by atoms with Gasteiger partial charge in [0.25, 0.3) is 5.91 Å². The van der Waals surface area contributed by atoms with Gasteiger partial charge in [-0.25, -0.2) is 4.39 Å². The number of methoxy groups -OCH3 is 1. The Morgan fingerprint density at radius 2 is 1.91 bits per heavy atom. The minimum atomic E-state index is -0.664. The first-order valence-electron chi connectivity index (χ1n) is 10.4. The lowest BCUT2D eigenvalue weighted by Gasteiger charge is -2.41. The number of pyridine rings is 1. The summed E-state index contributed by atoms with van der Waals surface area (Å²) in [7, 11) is 1.56. The van der Waals surface area contributed by atoms with Gasteiger partial charge in [-0.1, -0.05) is 36.4 Å². The molecule has 6 nitrogen and oxygen atoms in total. The molecular formula is C25H24FN3O3. The Balaban J connectivity index is 1.76. The second kappa shape index (κ2) is 9.70. The van der Waals surface area contributed by atoms with Gasteiger partial charge in [-0.15, -0.1) is 0 Å². The Bertz CT molecular complexity index is 1090. The van der Waals surface area contributed by atoms with Crippen LogP contribution in [0.2, 0.25) is 0 Å². The number of nitrogens with zero attached hydrogens (tertiary/aromatic N) is 2. The molecule has 2 unspecified atom stereocenters. The third-order valence-corrected chi connectivity index (χ3v) is 5.66. The normalized spacial score (nSPS) is 17.7. The molecule has 2 atom stereocenters. The smallest absolute Gasteiger partial charge is 0.254 e. The summed E-state index contributed by atoms with van der Waals surface area (Å²) in [6, 6.07) is 16.2. The zero-order valence-electron chi connectivity index (χ0n) is 17.7. The maximum atomic E-state index is 13.6. The molecule has 3 aromatic rings. The van der Waals surface area contributed by atoms with Gasteiger partial charge in [0.1, 0.15) is 5.82 Å². The number of amides is 2. The van der Waals surface area contributed by atoms with Crippen LogP contribution in [0.15, 0.2) is 73.1 Å². The highest BCUT2D eigenvalue weighted by Gasteiger charge is 2.43. The predicted molar refractivity (Wildman–Crippen MR) is 117 cm³/mol. The molecule has 0 bridgehead atoms. The lowest BCUT2D eigenvalue weighted by Crippen LogP contribution is -2.48. The van der Waals surface area contributed by atoms with E-state index in [1.54, 1.807) is 48.7 Å². The number of nitrogens with one attached hydrogen (secondary N) is 1. The van der Waals surface area contributed by atoms with Gasteiger partial charge in [0.2, 0.25) is 5.91 Å². The van der Waals surface area contributed by atoms with Crippen molar-refractivity contribution in [2.45, 2.75) is 18.5 Å². The van der Waals surface area contributed by atoms with E-state index in [1.165, 1.54) is 12.1 Å². The third-order valence-electron chi connectivity index (χ3n) is 5.66. The summed E-state index contributed by atoms with van der Waals surface area (Å²) < 4.78 is 18.9. The maximum absolute atomic E-state index is 13.6. The summed E-state index contributed by atoms with van der Waals surface area (Å²) in [6.45, 7) is 0.932. The molecule has 0 saturated carbocycles. The number of hydrogen-bond acceptors (Lipinski definition) is 4. The quantitative estimate of drug-likeness (QED) is 0.620. The number of benzene rings is 2. The van der Waals surface area contributed by atoms with Crippen LogP contribution in [0.4, 0.5) is 4.39 Å². The van der Waals surface area contributed by atoms with E-state index < -0.39 is 12.0 Å². The first kappa shape index (κ1) is 21.6. The molecule has 7 heteroatoms. The molecule has 1 aromatic heterocycles. The number of fused-ring (bicyclic) bond motifs is 1. The molecule has 0 saturated heterocycles. The van der Waals surface area contributed by atoms with E-state index >= 15 is 0 Å². The Kier molecular flexibility index (Phi) is 6.56. The van der Waals surface area contributed by atoms with Crippen LogP contribution in [0.3, 0.4) is 0 Å². The van der Waals surface area contributed by atoms with Crippen molar-refractivity contribution >= 4 is 11.8 Å². The van der Waals surface area contributed by atoms with Gasteiger partial charge >= 0.3 is 0 Å². The molecule has 0 spiro atoms. The van der Waals surface area contributed by atoms with E-state index in [1.807, 2.05) is 24.3 Å². The number of rotatable bonds is 7. The SMILES string of the molecule is COCCN1C(=O)c2ccccc2C(C(=O)NCc2cccnc2)C1c1ccc(F)cc1. The molecule has 0 fully saturated rings. The number of carbonyl (C=O) groups excluding carboxylic acids is 2. The summed E-state index contributed by atoms with van der Waals surface area (Å²) >= 11 is 0. The molecule has 2 aromatic carbocycles. The minimum Gasteiger partial charge on any atom is -0.383 e.